The summed E-state index contributed by atoms with van der Waals surface area (Å²) in [5.74, 6) is 0.978. The molecule has 0 radical (unpaired) electrons. The van der Waals surface area contributed by atoms with E-state index in [9.17, 15) is 5.11 Å². The molecule has 0 fully saturated rings. The van der Waals surface area contributed by atoms with Gasteiger partial charge in [0.05, 0.1) is 6.10 Å². The summed E-state index contributed by atoms with van der Waals surface area (Å²) in [7, 11) is 0. The molecule has 21 heavy (non-hydrogen) atoms. The maximum Gasteiger partial charge on any atom is 0.133 e. The third-order valence-electron chi connectivity index (χ3n) is 4.24. The minimum Gasteiger partial charge on any atom is -0.388 e. The van der Waals surface area contributed by atoms with Gasteiger partial charge in [-0.1, -0.05) is 31.2 Å². The first-order valence-corrected chi connectivity index (χ1v) is 7.71. The number of aliphatic hydroxyl groups excluding tert-OH is 1. The zero-order valence-electron chi connectivity index (χ0n) is 12.7. The third kappa shape index (κ3) is 2.66. The van der Waals surface area contributed by atoms with Crippen molar-refractivity contribution in [2.24, 2.45) is 0 Å². The number of hydrogen-bond acceptors (Lipinski definition) is 3. The van der Waals surface area contributed by atoms with E-state index in [0.29, 0.717) is 6.42 Å². The SMILES string of the molecule is CCC(O)c1ccc(N2CCCc3ccccc32)nc1C. The van der Waals surface area contributed by atoms with Crippen molar-refractivity contribution < 1.29 is 5.11 Å². The average molecular weight is 282 g/mol. The number of nitrogens with zero attached hydrogens (tertiary/aromatic N) is 2. The van der Waals surface area contributed by atoms with E-state index < -0.39 is 6.10 Å². The van der Waals surface area contributed by atoms with E-state index in [1.165, 1.54) is 11.3 Å². The Morgan fingerprint density at radius 3 is 2.81 bits per heavy atom. The lowest BCUT2D eigenvalue weighted by Gasteiger charge is -2.31. The van der Waals surface area contributed by atoms with E-state index >= 15 is 0 Å². The van der Waals surface area contributed by atoms with E-state index in [1.54, 1.807) is 0 Å². The topological polar surface area (TPSA) is 36.4 Å². The van der Waals surface area contributed by atoms with E-state index in [-0.39, 0.29) is 0 Å². The molecular formula is C18H22N2O. The molecule has 1 aliphatic rings. The molecule has 3 rings (SSSR count). The van der Waals surface area contributed by atoms with Crippen LogP contribution < -0.4 is 4.90 Å². The van der Waals surface area contributed by atoms with Gasteiger partial charge in [-0.25, -0.2) is 4.98 Å². The van der Waals surface area contributed by atoms with Crippen molar-refractivity contribution in [1.29, 1.82) is 0 Å². The van der Waals surface area contributed by atoms with Crippen molar-refractivity contribution in [3.05, 3.63) is 53.2 Å². The van der Waals surface area contributed by atoms with Crippen LogP contribution in [0, 0.1) is 6.92 Å². The predicted molar refractivity (Wildman–Crippen MR) is 86.0 cm³/mol. The van der Waals surface area contributed by atoms with Gasteiger partial charge in [-0.05, 0) is 43.9 Å². The second-order valence-corrected chi connectivity index (χ2v) is 5.65. The summed E-state index contributed by atoms with van der Waals surface area (Å²) >= 11 is 0. The van der Waals surface area contributed by atoms with E-state index in [2.05, 4.69) is 29.2 Å². The van der Waals surface area contributed by atoms with Crippen molar-refractivity contribution in [3.63, 3.8) is 0 Å². The van der Waals surface area contributed by atoms with Gasteiger partial charge in [0.2, 0.25) is 0 Å². The molecule has 2 aromatic rings. The molecule has 1 aliphatic heterocycles. The van der Waals surface area contributed by atoms with Crippen molar-refractivity contribution in [1.82, 2.24) is 4.98 Å². The van der Waals surface area contributed by atoms with Crippen LogP contribution in [-0.2, 0) is 6.42 Å². The minimum atomic E-state index is -0.416. The van der Waals surface area contributed by atoms with Crippen LogP contribution >= 0.6 is 0 Å². The summed E-state index contributed by atoms with van der Waals surface area (Å²) in [6.07, 6.45) is 2.59. The first kappa shape index (κ1) is 14.1. The van der Waals surface area contributed by atoms with E-state index in [1.807, 2.05) is 26.0 Å². The fraction of sp³-hybridized carbons (Fsp3) is 0.389. The van der Waals surface area contributed by atoms with Gasteiger partial charge in [-0.15, -0.1) is 0 Å². The molecule has 0 spiro atoms. The standard InChI is InChI=1S/C18H22N2O/c1-3-17(21)15-10-11-18(19-13(15)2)20-12-6-8-14-7-4-5-9-16(14)20/h4-5,7,9-11,17,21H,3,6,8,12H2,1-2H3. The first-order valence-electron chi connectivity index (χ1n) is 7.71. The van der Waals surface area contributed by atoms with Gasteiger partial charge in [-0.3, -0.25) is 0 Å². The molecule has 3 nitrogen and oxygen atoms in total. The molecule has 0 bridgehead atoms. The number of aliphatic hydroxyl groups is 1. The summed E-state index contributed by atoms with van der Waals surface area (Å²) in [6, 6.07) is 12.6. The first-order chi connectivity index (χ1) is 10.2. The molecule has 0 saturated carbocycles. The second-order valence-electron chi connectivity index (χ2n) is 5.65. The highest BCUT2D eigenvalue weighted by Crippen LogP contribution is 2.33. The zero-order valence-corrected chi connectivity index (χ0v) is 12.7. The molecule has 110 valence electrons. The molecule has 2 heterocycles. The lowest BCUT2D eigenvalue weighted by atomic mass is 10.0. The Bertz CT molecular complexity index is 639. The summed E-state index contributed by atoms with van der Waals surface area (Å²) in [6.45, 7) is 4.96. The van der Waals surface area contributed by atoms with Crippen LogP contribution in [0.3, 0.4) is 0 Å². The zero-order chi connectivity index (χ0) is 14.8. The average Bonchev–Trinajstić information content (AvgIpc) is 2.53. The third-order valence-corrected chi connectivity index (χ3v) is 4.24. The highest BCUT2D eigenvalue weighted by Gasteiger charge is 2.19. The predicted octanol–water partition coefficient (Wildman–Crippen LogP) is 3.92. The molecule has 0 amide bonds. The van der Waals surface area contributed by atoms with Gasteiger partial charge >= 0.3 is 0 Å². The van der Waals surface area contributed by atoms with Crippen molar-refractivity contribution in [2.75, 3.05) is 11.4 Å². The maximum absolute atomic E-state index is 10.0. The molecule has 1 unspecified atom stereocenters. The van der Waals surface area contributed by atoms with Gasteiger partial charge < -0.3 is 10.0 Å². The summed E-state index contributed by atoms with van der Waals surface area (Å²) in [5, 5.41) is 10.0. The van der Waals surface area contributed by atoms with E-state index in [4.69, 9.17) is 4.98 Å². The summed E-state index contributed by atoms with van der Waals surface area (Å²) in [4.78, 5) is 7.02. The molecule has 0 aliphatic carbocycles. The number of pyridine rings is 1. The quantitative estimate of drug-likeness (QED) is 0.927. The summed E-state index contributed by atoms with van der Waals surface area (Å²) < 4.78 is 0. The van der Waals surface area contributed by atoms with Gasteiger partial charge in [0, 0.05) is 23.5 Å². The van der Waals surface area contributed by atoms with Crippen molar-refractivity contribution in [2.45, 2.75) is 39.2 Å². The van der Waals surface area contributed by atoms with Crippen LogP contribution in [0.5, 0.6) is 0 Å². The van der Waals surface area contributed by atoms with Crippen LogP contribution in [0.2, 0.25) is 0 Å². The molecule has 1 aromatic carbocycles. The van der Waals surface area contributed by atoms with Crippen LogP contribution in [0.4, 0.5) is 11.5 Å². The van der Waals surface area contributed by atoms with Crippen molar-refractivity contribution in [3.8, 4) is 0 Å². The molecule has 1 atom stereocenters. The lowest BCUT2D eigenvalue weighted by molar-refractivity contribution is 0.172. The smallest absolute Gasteiger partial charge is 0.133 e. The Balaban J connectivity index is 1.97. The normalized spacial score (nSPS) is 15.7. The number of benzene rings is 1. The number of hydrogen-bond donors (Lipinski definition) is 1. The Morgan fingerprint density at radius 2 is 2.05 bits per heavy atom. The lowest BCUT2D eigenvalue weighted by Crippen LogP contribution is -2.25. The molecule has 0 saturated heterocycles. The van der Waals surface area contributed by atoms with Crippen molar-refractivity contribution >= 4 is 11.5 Å². The summed E-state index contributed by atoms with van der Waals surface area (Å²) in [5.41, 5.74) is 4.51. The Kier molecular flexibility index (Phi) is 3.93. The number of fused-ring (bicyclic) bond motifs is 1. The van der Waals surface area contributed by atoms with E-state index in [0.717, 1.165) is 36.5 Å². The Hall–Kier alpha value is -1.87. The number of aryl methyl sites for hydroxylation is 2. The minimum absolute atomic E-state index is 0.416. The highest BCUT2D eigenvalue weighted by molar-refractivity contribution is 5.65. The number of aromatic nitrogens is 1. The molecule has 1 N–H and O–H groups in total. The monoisotopic (exact) mass is 282 g/mol. The highest BCUT2D eigenvalue weighted by atomic mass is 16.3. The molecule has 1 aromatic heterocycles. The largest absolute Gasteiger partial charge is 0.388 e. The second kappa shape index (κ2) is 5.86. The number of para-hydroxylation sites is 1. The van der Waals surface area contributed by atoms with Crippen LogP contribution in [0.25, 0.3) is 0 Å². The fourth-order valence-corrected chi connectivity index (χ4v) is 3.05. The molecule has 3 heteroatoms. The van der Waals surface area contributed by atoms with Crippen LogP contribution in [-0.4, -0.2) is 16.6 Å². The number of rotatable bonds is 3. The maximum atomic E-state index is 10.0. The van der Waals surface area contributed by atoms with Gasteiger partial charge in [0.25, 0.3) is 0 Å². The van der Waals surface area contributed by atoms with Crippen LogP contribution in [0.15, 0.2) is 36.4 Å². The van der Waals surface area contributed by atoms with Crippen LogP contribution in [0.1, 0.15) is 42.7 Å². The Morgan fingerprint density at radius 1 is 1.24 bits per heavy atom. The number of anilines is 2. The van der Waals surface area contributed by atoms with Gasteiger partial charge in [0.1, 0.15) is 5.82 Å². The molecular weight excluding hydrogens is 260 g/mol. The van der Waals surface area contributed by atoms with Gasteiger partial charge in [0.15, 0.2) is 0 Å². The fourth-order valence-electron chi connectivity index (χ4n) is 3.05. The Labute approximate surface area is 126 Å². The van der Waals surface area contributed by atoms with Gasteiger partial charge in [-0.2, -0.15) is 0 Å².